The Morgan fingerprint density at radius 1 is 1.03 bits per heavy atom. The maximum absolute atomic E-state index is 12.9. The molecule has 2 aromatic rings. The molecule has 2 aromatic carbocycles. The molecule has 0 fully saturated rings. The Morgan fingerprint density at radius 3 is 2.23 bits per heavy atom. The van der Waals surface area contributed by atoms with Gasteiger partial charge in [-0.2, -0.15) is 0 Å². The summed E-state index contributed by atoms with van der Waals surface area (Å²) in [6.07, 6.45) is 0.785. The summed E-state index contributed by atoms with van der Waals surface area (Å²) < 4.78 is 17.2. The average molecular weight is 412 g/mol. The molecule has 162 valence electrons. The second-order valence-electron chi connectivity index (χ2n) is 8.39. The summed E-state index contributed by atoms with van der Waals surface area (Å²) >= 11 is 0. The average Bonchev–Trinajstić information content (AvgIpc) is 2.75. The van der Waals surface area contributed by atoms with Gasteiger partial charge >= 0.3 is 0 Å². The van der Waals surface area contributed by atoms with E-state index in [2.05, 4.69) is 26.0 Å². The van der Waals surface area contributed by atoms with Crippen LogP contribution in [0.2, 0.25) is 0 Å². The summed E-state index contributed by atoms with van der Waals surface area (Å²) in [5, 5.41) is 0. The van der Waals surface area contributed by atoms with E-state index in [-0.39, 0.29) is 17.9 Å². The third-order valence-corrected chi connectivity index (χ3v) is 5.73. The number of amides is 1. The van der Waals surface area contributed by atoms with Crippen LogP contribution in [0.25, 0.3) is 0 Å². The van der Waals surface area contributed by atoms with E-state index in [0.717, 1.165) is 17.7 Å². The van der Waals surface area contributed by atoms with Crippen molar-refractivity contribution in [2.24, 2.45) is 5.92 Å². The van der Waals surface area contributed by atoms with Gasteiger partial charge < -0.3 is 19.1 Å². The van der Waals surface area contributed by atoms with Gasteiger partial charge in [-0.25, -0.2) is 0 Å². The van der Waals surface area contributed by atoms with E-state index in [1.807, 2.05) is 43.0 Å². The first-order chi connectivity index (χ1) is 14.3. The predicted molar refractivity (Wildman–Crippen MR) is 119 cm³/mol. The number of hydrogen-bond acceptors (Lipinski definition) is 4. The molecule has 5 nitrogen and oxygen atoms in total. The smallest absolute Gasteiger partial charge is 0.225 e. The Kier molecular flexibility index (Phi) is 6.91. The Bertz CT molecular complexity index is 873. The van der Waals surface area contributed by atoms with Gasteiger partial charge in [0.1, 0.15) is 12.4 Å². The first-order valence-electron chi connectivity index (χ1n) is 10.6. The molecule has 0 unspecified atom stereocenters. The fraction of sp³-hybridized carbons (Fsp3) is 0.480. The van der Waals surface area contributed by atoms with E-state index >= 15 is 0 Å². The highest BCUT2D eigenvalue weighted by molar-refractivity contribution is 5.79. The molecule has 0 aliphatic carbocycles. The van der Waals surface area contributed by atoms with Crippen LogP contribution in [0.4, 0.5) is 0 Å². The number of hydrogen-bond donors (Lipinski definition) is 0. The maximum Gasteiger partial charge on any atom is 0.225 e. The number of ether oxygens (including phenoxy) is 3. The van der Waals surface area contributed by atoms with Gasteiger partial charge in [-0.3, -0.25) is 4.79 Å². The lowest BCUT2D eigenvalue weighted by Gasteiger charge is -2.38. The molecule has 5 heteroatoms. The number of methoxy groups -OCH3 is 2. The number of carbonyl (C=O) groups is 1. The van der Waals surface area contributed by atoms with Crippen molar-refractivity contribution in [3.8, 4) is 17.2 Å². The molecule has 1 amide bonds. The molecule has 0 N–H and O–H groups in total. The molecule has 0 saturated carbocycles. The minimum atomic E-state index is -0.173. The van der Waals surface area contributed by atoms with Crippen LogP contribution in [0.3, 0.4) is 0 Å². The maximum atomic E-state index is 12.9. The Balaban J connectivity index is 1.91. The van der Waals surface area contributed by atoms with Crippen molar-refractivity contribution in [1.82, 2.24) is 4.90 Å². The molecule has 0 bridgehead atoms. The van der Waals surface area contributed by atoms with Crippen LogP contribution < -0.4 is 14.2 Å². The number of nitrogens with zero attached hydrogens (tertiary/aromatic N) is 1. The third kappa shape index (κ3) is 4.55. The molecule has 1 aliphatic heterocycles. The zero-order valence-electron chi connectivity index (χ0n) is 18.9. The van der Waals surface area contributed by atoms with Crippen LogP contribution in [-0.2, 0) is 11.2 Å². The number of carbonyl (C=O) groups excluding carboxylic acids is 1. The normalized spacial score (nSPS) is 15.9. The molecule has 3 rings (SSSR count). The van der Waals surface area contributed by atoms with Crippen molar-refractivity contribution >= 4 is 5.91 Å². The molecule has 30 heavy (non-hydrogen) atoms. The minimum Gasteiger partial charge on any atom is -0.493 e. The monoisotopic (exact) mass is 411 g/mol. The van der Waals surface area contributed by atoms with Crippen LogP contribution in [0.1, 0.15) is 56.3 Å². The molecular weight excluding hydrogens is 378 g/mol. The molecule has 0 radical (unpaired) electrons. The molecule has 0 spiro atoms. The number of fused-ring (bicyclic) bond motifs is 1. The van der Waals surface area contributed by atoms with Gasteiger partial charge in [0.2, 0.25) is 5.91 Å². The van der Waals surface area contributed by atoms with Crippen LogP contribution in [0.15, 0.2) is 36.4 Å². The molecule has 0 aromatic heterocycles. The first-order valence-corrected chi connectivity index (χ1v) is 10.6. The third-order valence-electron chi connectivity index (χ3n) is 5.73. The van der Waals surface area contributed by atoms with E-state index < -0.39 is 0 Å². The van der Waals surface area contributed by atoms with Crippen LogP contribution in [0.5, 0.6) is 17.2 Å². The van der Waals surface area contributed by atoms with E-state index in [0.29, 0.717) is 30.6 Å². The second-order valence-corrected chi connectivity index (χ2v) is 8.39. The summed E-state index contributed by atoms with van der Waals surface area (Å²) in [5.41, 5.74) is 3.51. The van der Waals surface area contributed by atoms with Gasteiger partial charge in [0.25, 0.3) is 0 Å². The topological polar surface area (TPSA) is 48.0 Å². The van der Waals surface area contributed by atoms with Gasteiger partial charge in [0.05, 0.1) is 20.3 Å². The summed E-state index contributed by atoms with van der Waals surface area (Å²) in [5.74, 6) is 2.73. The van der Waals surface area contributed by atoms with Crippen molar-refractivity contribution in [3.63, 3.8) is 0 Å². The van der Waals surface area contributed by atoms with Gasteiger partial charge in [0.15, 0.2) is 11.5 Å². The van der Waals surface area contributed by atoms with Crippen LogP contribution in [-0.4, -0.2) is 38.2 Å². The standard InChI is InChI=1S/C25H33NO4/c1-16(2)18-7-9-20(10-8-18)30-15-22-21-14-24(29-6)23(28-5)13-19(21)11-12-26(22)25(27)17(3)4/h7-10,13-14,16-17,22H,11-12,15H2,1-6H3/t22-/m1/s1. The fourth-order valence-electron chi connectivity index (χ4n) is 3.93. The molecule has 1 heterocycles. The summed E-state index contributed by atoms with van der Waals surface area (Å²) in [6, 6.07) is 12.0. The van der Waals surface area contributed by atoms with E-state index in [4.69, 9.17) is 14.2 Å². The number of rotatable bonds is 7. The highest BCUT2D eigenvalue weighted by Crippen LogP contribution is 2.39. The Morgan fingerprint density at radius 2 is 1.67 bits per heavy atom. The lowest BCUT2D eigenvalue weighted by molar-refractivity contribution is -0.138. The van der Waals surface area contributed by atoms with Crippen molar-refractivity contribution in [1.29, 1.82) is 0 Å². The highest BCUT2D eigenvalue weighted by atomic mass is 16.5. The van der Waals surface area contributed by atoms with E-state index in [1.165, 1.54) is 11.1 Å². The summed E-state index contributed by atoms with van der Waals surface area (Å²) in [4.78, 5) is 14.9. The van der Waals surface area contributed by atoms with Crippen molar-refractivity contribution < 1.29 is 19.0 Å². The lowest BCUT2D eigenvalue weighted by Crippen LogP contribution is -2.44. The van der Waals surface area contributed by atoms with Gasteiger partial charge in [0, 0.05) is 12.5 Å². The van der Waals surface area contributed by atoms with E-state index in [9.17, 15) is 4.79 Å². The molecule has 1 atom stereocenters. The Labute approximate surface area is 179 Å². The lowest BCUT2D eigenvalue weighted by atomic mass is 9.91. The SMILES string of the molecule is COc1cc2c(cc1OC)[C@@H](COc1ccc(C(C)C)cc1)N(C(=O)C(C)C)CC2. The van der Waals surface area contributed by atoms with Gasteiger partial charge in [-0.15, -0.1) is 0 Å². The molecule has 1 aliphatic rings. The zero-order valence-corrected chi connectivity index (χ0v) is 18.9. The summed E-state index contributed by atoms with van der Waals surface area (Å²) in [7, 11) is 3.27. The second kappa shape index (κ2) is 9.41. The predicted octanol–water partition coefficient (Wildman–Crippen LogP) is 4.99. The first kappa shape index (κ1) is 22.0. The molecular formula is C25H33NO4. The molecule has 0 saturated heterocycles. The number of benzene rings is 2. The highest BCUT2D eigenvalue weighted by Gasteiger charge is 2.33. The zero-order chi connectivity index (χ0) is 21.8. The van der Waals surface area contributed by atoms with Crippen LogP contribution >= 0.6 is 0 Å². The fourth-order valence-corrected chi connectivity index (χ4v) is 3.93. The quantitative estimate of drug-likeness (QED) is 0.644. The van der Waals surface area contributed by atoms with Crippen molar-refractivity contribution in [3.05, 3.63) is 53.1 Å². The van der Waals surface area contributed by atoms with Crippen molar-refractivity contribution in [2.75, 3.05) is 27.4 Å². The van der Waals surface area contributed by atoms with Gasteiger partial charge in [-0.1, -0.05) is 39.8 Å². The van der Waals surface area contributed by atoms with Crippen LogP contribution in [0, 0.1) is 5.92 Å². The Hall–Kier alpha value is -2.69. The van der Waals surface area contributed by atoms with E-state index in [1.54, 1.807) is 14.2 Å². The van der Waals surface area contributed by atoms with Gasteiger partial charge in [-0.05, 0) is 53.3 Å². The largest absolute Gasteiger partial charge is 0.493 e. The van der Waals surface area contributed by atoms with Crippen molar-refractivity contribution in [2.45, 2.75) is 46.1 Å². The minimum absolute atomic E-state index is 0.0699. The summed E-state index contributed by atoms with van der Waals surface area (Å²) in [6.45, 7) is 9.28.